The number of phenols is 1. The molecule has 0 aliphatic rings. The van der Waals surface area contributed by atoms with E-state index in [9.17, 15) is 9.90 Å². The normalized spacial score (nSPS) is 10.3. The Kier molecular flexibility index (Phi) is 3.20. The van der Waals surface area contributed by atoms with Gasteiger partial charge in [0.15, 0.2) is 5.13 Å². The molecule has 1 aromatic carbocycles. The lowest BCUT2D eigenvalue weighted by Gasteiger charge is -2.09. The summed E-state index contributed by atoms with van der Waals surface area (Å²) in [6.45, 7) is 3.67. The van der Waals surface area contributed by atoms with Crippen LogP contribution in [0.5, 0.6) is 5.75 Å². The molecule has 18 heavy (non-hydrogen) atoms. The Morgan fingerprint density at radius 3 is 2.78 bits per heavy atom. The summed E-state index contributed by atoms with van der Waals surface area (Å²) in [5.74, 6) is -0.319. The van der Waals surface area contributed by atoms with Gasteiger partial charge in [-0.25, -0.2) is 4.98 Å². The Balaban J connectivity index is 2.27. The van der Waals surface area contributed by atoms with Gasteiger partial charge in [-0.15, -0.1) is 11.3 Å². The molecule has 0 saturated heterocycles. The van der Waals surface area contributed by atoms with E-state index in [4.69, 9.17) is 5.73 Å². The number of hydrogen-bond acceptors (Lipinski definition) is 5. The SMILES string of the molecule is Cc1cc(C)c(O)c(NC(=O)c2csc(N)n2)c1. The van der Waals surface area contributed by atoms with E-state index in [1.807, 2.05) is 13.0 Å². The number of hydrogen-bond donors (Lipinski definition) is 3. The van der Waals surface area contributed by atoms with Gasteiger partial charge in [0.2, 0.25) is 0 Å². The quantitative estimate of drug-likeness (QED) is 0.725. The molecule has 2 rings (SSSR count). The molecule has 6 heteroatoms. The van der Waals surface area contributed by atoms with E-state index in [-0.39, 0.29) is 17.4 Å². The van der Waals surface area contributed by atoms with Crippen molar-refractivity contribution in [2.24, 2.45) is 0 Å². The molecule has 0 unspecified atom stereocenters. The zero-order valence-corrected chi connectivity index (χ0v) is 10.8. The van der Waals surface area contributed by atoms with Crippen molar-refractivity contribution in [2.45, 2.75) is 13.8 Å². The number of nitrogen functional groups attached to an aromatic ring is 1. The molecule has 4 N–H and O–H groups in total. The lowest BCUT2D eigenvalue weighted by Crippen LogP contribution is -2.13. The van der Waals surface area contributed by atoms with Gasteiger partial charge in [-0.3, -0.25) is 4.79 Å². The molecule has 0 atom stereocenters. The van der Waals surface area contributed by atoms with Crippen LogP contribution in [0.2, 0.25) is 0 Å². The Morgan fingerprint density at radius 1 is 1.44 bits per heavy atom. The van der Waals surface area contributed by atoms with Crippen LogP contribution >= 0.6 is 11.3 Å². The third-order valence-electron chi connectivity index (χ3n) is 2.45. The maximum atomic E-state index is 11.9. The van der Waals surface area contributed by atoms with Crippen LogP contribution in [-0.2, 0) is 0 Å². The average Bonchev–Trinajstić information content (AvgIpc) is 2.72. The molecule has 1 amide bonds. The number of aromatic nitrogens is 1. The molecule has 2 aromatic rings. The maximum absolute atomic E-state index is 11.9. The van der Waals surface area contributed by atoms with Crippen LogP contribution in [0, 0.1) is 13.8 Å². The van der Waals surface area contributed by atoms with E-state index in [1.54, 1.807) is 18.4 Å². The molecule has 0 saturated carbocycles. The summed E-state index contributed by atoms with van der Waals surface area (Å²) >= 11 is 1.20. The molecule has 5 nitrogen and oxygen atoms in total. The first-order chi connectivity index (χ1) is 8.47. The lowest BCUT2D eigenvalue weighted by molar-refractivity contribution is 0.102. The summed E-state index contributed by atoms with van der Waals surface area (Å²) in [5, 5.41) is 14.4. The Bertz CT molecular complexity index is 607. The standard InChI is InChI=1S/C12H13N3O2S/c1-6-3-7(2)10(16)8(4-6)14-11(17)9-5-18-12(13)15-9/h3-5,16H,1-2H3,(H2,13,15)(H,14,17). The van der Waals surface area contributed by atoms with Gasteiger partial charge in [-0.2, -0.15) is 0 Å². The minimum absolute atomic E-state index is 0.0668. The summed E-state index contributed by atoms with van der Waals surface area (Å²) in [7, 11) is 0. The monoisotopic (exact) mass is 263 g/mol. The molecule has 0 radical (unpaired) electrons. The van der Waals surface area contributed by atoms with Gasteiger partial charge >= 0.3 is 0 Å². The summed E-state index contributed by atoms with van der Waals surface area (Å²) in [4.78, 5) is 15.8. The number of aryl methyl sites for hydroxylation is 2. The third-order valence-corrected chi connectivity index (χ3v) is 3.12. The number of carbonyl (C=O) groups is 1. The van der Waals surface area contributed by atoms with Gasteiger partial charge in [0.05, 0.1) is 5.69 Å². The van der Waals surface area contributed by atoms with Gasteiger partial charge < -0.3 is 16.2 Å². The van der Waals surface area contributed by atoms with Gasteiger partial charge in [0.1, 0.15) is 11.4 Å². The van der Waals surface area contributed by atoms with Crippen LogP contribution in [0.1, 0.15) is 21.6 Å². The van der Waals surface area contributed by atoms with Crippen molar-refractivity contribution in [1.82, 2.24) is 4.98 Å². The molecular weight excluding hydrogens is 250 g/mol. The minimum Gasteiger partial charge on any atom is -0.505 e. The molecule has 0 spiro atoms. The van der Waals surface area contributed by atoms with E-state index in [2.05, 4.69) is 10.3 Å². The first-order valence-corrected chi connectivity index (χ1v) is 6.18. The average molecular weight is 263 g/mol. The summed E-state index contributed by atoms with van der Waals surface area (Å²) in [6, 6.07) is 3.54. The minimum atomic E-state index is -0.386. The number of nitrogens with zero attached hydrogens (tertiary/aromatic N) is 1. The fraction of sp³-hybridized carbons (Fsp3) is 0.167. The maximum Gasteiger partial charge on any atom is 0.275 e. The highest BCUT2D eigenvalue weighted by molar-refractivity contribution is 7.13. The second-order valence-corrected chi connectivity index (χ2v) is 4.89. The molecule has 0 aliphatic heterocycles. The van der Waals surface area contributed by atoms with E-state index in [0.717, 1.165) is 5.56 Å². The molecule has 1 heterocycles. The number of amides is 1. The van der Waals surface area contributed by atoms with Gasteiger partial charge in [-0.1, -0.05) is 6.07 Å². The van der Waals surface area contributed by atoms with Crippen LogP contribution in [-0.4, -0.2) is 16.0 Å². The second-order valence-electron chi connectivity index (χ2n) is 4.00. The van der Waals surface area contributed by atoms with Crippen molar-refractivity contribution in [3.8, 4) is 5.75 Å². The van der Waals surface area contributed by atoms with Crippen LogP contribution in [0.4, 0.5) is 10.8 Å². The topological polar surface area (TPSA) is 88.2 Å². The van der Waals surface area contributed by atoms with Gasteiger partial charge in [0.25, 0.3) is 5.91 Å². The highest BCUT2D eigenvalue weighted by Crippen LogP contribution is 2.29. The zero-order chi connectivity index (χ0) is 13.3. The lowest BCUT2D eigenvalue weighted by atomic mass is 10.1. The number of rotatable bonds is 2. The van der Waals surface area contributed by atoms with E-state index >= 15 is 0 Å². The molecular formula is C12H13N3O2S. The Hall–Kier alpha value is -2.08. The van der Waals surface area contributed by atoms with Crippen molar-refractivity contribution < 1.29 is 9.90 Å². The van der Waals surface area contributed by atoms with E-state index in [0.29, 0.717) is 16.4 Å². The number of benzene rings is 1. The number of nitrogens with two attached hydrogens (primary N) is 1. The first kappa shape index (κ1) is 12.4. The number of anilines is 2. The zero-order valence-electron chi connectivity index (χ0n) is 10.0. The van der Waals surface area contributed by atoms with Gasteiger partial charge in [-0.05, 0) is 31.0 Å². The van der Waals surface area contributed by atoms with Crippen LogP contribution in [0.15, 0.2) is 17.5 Å². The molecule has 0 aliphatic carbocycles. The number of carbonyl (C=O) groups excluding carboxylic acids is 1. The van der Waals surface area contributed by atoms with Crippen molar-refractivity contribution in [1.29, 1.82) is 0 Å². The smallest absolute Gasteiger partial charge is 0.275 e. The number of nitrogens with one attached hydrogen (secondary N) is 1. The summed E-state index contributed by atoms with van der Waals surface area (Å²) < 4.78 is 0. The van der Waals surface area contributed by atoms with Crippen LogP contribution in [0.3, 0.4) is 0 Å². The predicted octanol–water partition coefficient (Wildman–Crippen LogP) is 2.30. The van der Waals surface area contributed by atoms with Crippen LogP contribution < -0.4 is 11.1 Å². The molecule has 0 fully saturated rings. The first-order valence-electron chi connectivity index (χ1n) is 5.30. The summed E-state index contributed by atoms with van der Waals surface area (Å²) in [5.41, 5.74) is 7.76. The van der Waals surface area contributed by atoms with E-state index in [1.165, 1.54) is 11.3 Å². The Morgan fingerprint density at radius 2 is 2.17 bits per heavy atom. The van der Waals surface area contributed by atoms with Crippen molar-refractivity contribution in [2.75, 3.05) is 11.1 Å². The largest absolute Gasteiger partial charge is 0.505 e. The second kappa shape index (κ2) is 4.66. The van der Waals surface area contributed by atoms with Crippen molar-refractivity contribution in [3.63, 3.8) is 0 Å². The Labute approximate surface area is 108 Å². The van der Waals surface area contributed by atoms with Gasteiger partial charge in [0, 0.05) is 5.38 Å². The number of thiazole rings is 1. The van der Waals surface area contributed by atoms with Crippen LogP contribution in [0.25, 0.3) is 0 Å². The number of aromatic hydroxyl groups is 1. The number of phenolic OH excluding ortho intramolecular Hbond substituents is 1. The molecule has 0 bridgehead atoms. The highest BCUT2D eigenvalue weighted by Gasteiger charge is 2.13. The highest BCUT2D eigenvalue weighted by atomic mass is 32.1. The van der Waals surface area contributed by atoms with E-state index < -0.39 is 0 Å². The fourth-order valence-electron chi connectivity index (χ4n) is 1.63. The molecule has 1 aromatic heterocycles. The molecule has 94 valence electrons. The van der Waals surface area contributed by atoms with Crippen molar-refractivity contribution >= 4 is 28.1 Å². The predicted molar refractivity (Wildman–Crippen MR) is 72.1 cm³/mol. The van der Waals surface area contributed by atoms with Crippen molar-refractivity contribution in [3.05, 3.63) is 34.3 Å². The summed E-state index contributed by atoms with van der Waals surface area (Å²) in [6.07, 6.45) is 0. The fourth-order valence-corrected chi connectivity index (χ4v) is 2.18. The third kappa shape index (κ3) is 2.43.